The molecule has 0 saturated carbocycles. The van der Waals surface area contributed by atoms with Crippen molar-refractivity contribution < 1.29 is 17.6 Å². The first-order chi connectivity index (χ1) is 8.36. The smallest absolute Gasteiger partial charge is 0.159 e. The second kappa shape index (κ2) is 6.09. The summed E-state index contributed by atoms with van der Waals surface area (Å²) in [5.74, 6) is -1.47. The number of carbonyl (C=O) groups excluding carboxylic acids is 1. The van der Waals surface area contributed by atoms with E-state index in [1.807, 2.05) is 0 Å². The first-order valence-corrected chi connectivity index (χ1v) is 7.55. The predicted octanol–water partition coefficient (Wildman–Crippen LogP) is 2.15. The van der Waals surface area contributed by atoms with Gasteiger partial charge in [0.2, 0.25) is 0 Å². The molecule has 0 aromatic heterocycles. The van der Waals surface area contributed by atoms with Gasteiger partial charge in [-0.05, 0) is 25.0 Å². The van der Waals surface area contributed by atoms with Crippen LogP contribution in [0.25, 0.3) is 0 Å². The van der Waals surface area contributed by atoms with Crippen LogP contribution < -0.4 is 0 Å². The molecule has 0 aliphatic heterocycles. The van der Waals surface area contributed by atoms with E-state index in [4.69, 9.17) is 0 Å². The summed E-state index contributed by atoms with van der Waals surface area (Å²) in [6, 6.07) is 5.89. The molecule has 0 aliphatic carbocycles. The van der Waals surface area contributed by atoms with E-state index in [2.05, 4.69) is 0 Å². The summed E-state index contributed by atoms with van der Waals surface area (Å²) in [4.78, 5) is 11.7. The van der Waals surface area contributed by atoms with Gasteiger partial charge in [-0.15, -0.1) is 0 Å². The molecule has 0 aliphatic rings. The molecule has 1 atom stereocenters. The van der Waals surface area contributed by atoms with Crippen LogP contribution >= 0.6 is 0 Å². The van der Waals surface area contributed by atoms with Crippen LogP contribution in [-0.2, 0) is 21.1 Å². The Balaban J connectivity index is 2.72. The summed E-state index contributed by atoms with van der Waals surface area (Å²) in [6.45, 7) is 3.33. The largest absolute Gasteiger partial charge is 0.298 e. The van der Waals surface area contributed by atoms with Crippen LogP contribution in [-0.4, -0.2) is 25.2 Å². The van der Waals surface area contributed by atoms with Gasteiger partial charge < -0.3 is 0 Å². The Hall–Kier alpha value is -1.23. The molecule has 1 aromatic carbocycles. The number of hydrogen-bond acceptors (Lipinski definition) is 3. The van der Waals surface area contributed by atoms with E-state index in [1.165, 1.54) is 18.2 Å². The molecule has 0 radical (unpaired) electrons. The van der Waals surface area contributed by atoms with E-state index < -0.39 is 32.4 Å². The zero-order valence-electron chi connectivity index (χ0n) is 10.5. The van der Waals surface area contributed by atoms with E-state index >= 15 is 0 Å². The molecule has 1 unspecified atom stereocenters. The fourth-order valence-electron chi connectivity index (χ4n) is 1.53. The zero-order chi connectivity index (χ0) is 13.8. The van der Waals surface area contributed by atoms with Crippen molar-refractivity contribution in [3.05, 3.63) is 35.6 Å². The lowest BCUT2D eigenvalue weighted by Crippen LogP contribution is -2.26. The van der Waals surface area contributed by atoms with Crippen LogP contribution in [0, 0.1) is 5.82 Å². The molecule has 3 nitrogen and oxygen atoms in total. The molecule has 0 bridgehead atoms. The molecular weight excluding hydrogens is 255 g/mol. The lowest BCUT2D eigenvalue weighted by atomic mass is 10.1. The van der Waals surface area contributed by atoms with Crippen molar-refractivity contribution in [2.24, 2.45) is 0 Å². The summed E-state index contributed by atoms with van der Waals surface area (Å²) in [5, 5.41) is -0.540. The van der Waals surface area contributed by atoms with Crippen molar-refractivity contribution in [2.75, 3.05) is 5.75 Å². The van der Waals surface area contributed by atoms with Crippen molar-refractivity contribution in [1.82, 2.24) is 0 Å². The van der Waals surface area contributed by atoms with Crippen LogP contribution in [0.3, 0.4) is 0 Å². The maximum atomic E-state index is 13.3. The molecule has 0 amide bonds. The quantitative estimate of drug-likeness (QED) is 0.797. The number of hydrogen-bond donors (Lipinski definition) is 0. The highest BCUT2D eigenvalue weighted by atomic mass is 32.2. The summed E-state index contributed by atoms with van der Waals surface area (Å²) in [6.07, 6.45) is 0.289. The second-order valence-corrected chi connectivity index (χ2v) is 6.75. The van der Waals surface area contributed by atoms with Gasteiger partial charge in [-0.3, -0.25) is 4.79 Å². The van der Waals surface area contributed by atoms with Crippen molar-refractivity contribution >= 4 is 15.6 Å². The Kier molecular flexibility index (Phi) is 5.02. The van der Waals surface area contributed by atoms with Crippen LogP contribution in [0.5, 0.6) is 0 Å². The third kappa shape index (κ3) is 3.91. The number of benzene rings is 1. The molecule has 5 heteroatoms. The molecule has 0 spiro atoms. The van der Waals surface area contributed by atoms with E-state index in [-0.39, 0.29) is 12.0 Å². The zero-order valence-corrected chi connectivity index (χ0v) is 11.3. The highest BCUT2D eigenvalue weighted by Gasteiger charge is 2.23. The first kappa shape index (κ1) is 14.8. The lowest BCUT2D eigenvalue weighted by Gasteiger charge is -2.09. The number of sulfone groups is 1. The van der Waals surface area contributed by atoms with Crippen molar-refractivity contribution in [3.8, 4) is 0 Å². The average molecular weight is 272 g/mol. The maximum Gasteiger partial charge on any atom is 0.159 e. The molecule has 1 aromatic rings. The van der Waals surface area contributed by atoms with Crippen molar-refractivity contribution in [1.29, 1.82) is 0 Å². The van der Waals surface area contributed by atoms with Gasteiger partial charge in [0.05, 0.1) is 5.25 Å². The average Bonchev–Trinajstić information content (AvgIpc) is 2.30. The molecule has 0 heterocycles. The van der Waals surface area contributed by atoms with Gasteiger partial charge in [-0.25, -0.2) is 12.8 Å². The van der Waals surface area contributed by atoms with Crippen LogP contribution in [0.4, 0.5) is 4.39 Å². The fraction of sp³-hybridized carbons (Fsp3) is 0.462. The predicted molar refractivity (Wildman–Crippen MR) is 68.7 cm³/mol. The number of carbonyl (C=O) groups is 1. The molecule has 0 saturated heterocycles. The monoisotopic (exact) mass is 272 g/mol. The van der Waals surface area contributed by atoms with Gasteiger partial charge >= 0.3 is 0 Å². The fourth-order valence-corrected chi connectivity index (χ4v) is 2.87. The standard InChI is InChI=1S/C13H17FO3S/c1-3-10(2)18(16,17)9-12(15)8-11-6-4-5-7-13(11)14/h4-7,10H,3,8-9H2,1-2H3. The maximum absolute atomic E-state index is 13.3. The molecule has 1 rings (SSSR count). The van der Waals surface area contributed by atoms with E-state index in [0.29, 0.717) is 6.42 Å². The highest BCUT2D eigenvalue weighted by Crippen LogP contribution is 2.10. The van der Waals surface area contributed by atoms with Gasteiger partial charge in [0, 0.05) is 6.42 Å². The van der Waals surface area contributed by atoms with Gasteiger partial charge in [0.1, 0.15) is 11.6 Å². The Labute approximate surface area is 107 Å². The highest BCUT2D eigenvalue weighted by molar-refractivity contribution is 7.92. The molecule has 18 heavy (non-hydrogen) atoms. The van der Waals surface area contributed by atoms with Gasteiger partial charge in [-0.1, -0.05) is 25.1 Å². The number of halogens is 1. The molecule has 0 N–H and O–H groups in total. The summed E-state index contributed by atoms with van der Waals surface area (Å²) >= 11 is 0. The summed E-state index contributed by atoms with van der Waals surface area (Å²) < 4.78 is 36.8. The second-order valence-electron chi connectivity index (χ2n) is 4.33. The van der Waals surface area contributed by atoms with Crippen LogP contribution in [0.2, 0.25) is 0 Å². The third-order valence-electron chi connectivity index (χ3n) is 2.90. The Morgan fingerprint density at radius 3 is 2.50 bits per heavy atom. The van der Waals surface area contributed by atoms with E-state index in [0.717, 1.165) is 0 Å². The number of ketones is 1. The topological polar surface area (TPSA) is 51.2 Å². The Bertz CT molecular complexity index is 523. The normalized spacial score (nSPS) is 13.3. The van der Waals surface area contributed by atoms with Gasteiger partial charge in [-0.2, -0.15) is 0 Å². The lowest BCUT2D eigenvalue weighted by molar-refractivity contribution is -0.116. The SMILES string of the molecule is CCC(C)S(=O)(=O)CC(=O)Cc1ccccc1F. The Morgan fingerprint density at radius 2 is 1.94 bits per heavy atom. The molecule has 100 valence electrons. The third-order valence-corrected chi connectivity index (χ3v) is 5.18. The minimum Gasteiger partial charge on any atom is -0.298 e. The van der Waals surface area contributed by atoms with Gasteiger partial charge in [0.15, 0.2) is 15.6 Å². The molecular formula is C13H17FO3S. The summed E-state index contributed by atoms with van der Waals surface area (Å²) in [5.41, 5.74) is 0.238. The van der Waals surface area contributed by atoms with Crippen LogP contribution in [0.1, 0.15) is 25.8 Å². The minimum atomic E-state index is -3.41. The van der Waals surface area contributed by atoms with E-state index in [1.54, 1.807) is 19.9 Å². The van der Waals surface area contributed by atoms with E-state index in [9.17, 15) is 17.6 Å². The van der Waals surface area contributed by atoms with Crippen LogP contribution in [0.15, 0.2) is 24.3 Å². The molecule has 0 fully saturated rings. The minimum absolute atomic E-state index is 0.178. The summed E-state index contributed by atoms with van der Waals surface area (Å²) in [7, 11) is -3.41. The van der Waals surface area contributed by atoms with Crippen molar-refractivity contribution in [3.63, 3.8) is 0 Å². The number of Topliss-reactive ketones (excluding diaryl/α,β-unsaturated/α-hetero) is 1. The Morgan fingerprint density at radius 1 is 1.33 bits per heavy atom. The van der Waals surface area contributed by atoms with Crippen molar-refractivity contribution in [2.45, 2.75) is 31.9 Å². The van der Waals surface area contributed by atoms with Gasteiger partial charge in [0.25, 0.3) is 0 Å². The first-order valence-electron chi connectivity index (χ1n) is 5.83. The number of rotatable bonds is 6.